The van der Waals surface area contributed by atoms with E-state index in [-0.39, 0.29) is 5.69 Å². The summed E-state index contributed by atoms with van der Waals surface area (Å²) in [4.78, 5) is 16.7. The molecule has 132 valence electrons. The number of aliphatic imine (C=N–C) groups is 1. The van der Waals surface area contributed by atoms with E-state index in [1.165, 1.54) is 23.5 Å². The lowest BCUT2D eigenvalue weighted by Crippen LogP contribution is -2.08. The van der Waals surface area contributed by atoms with Crippen LogP contribution in [0.4, 0.5) is 16.5 Å². The second-order valence-corrected chi connectivity index (χ2v) is 6.86. The van der Waals surface area contributed by atoms with E-state index in [1.807, 2.05) is 43.3 Å². The maximum atomic E-state index is 10.7. The standard InChI is InChI=1S/C18H17N5O2S/c1-22(2)15-7-5-14(6-8-15)12-19-18-21-20-17(26-18)11-13-3-9-16(10-4-13)23(24)25/h3-10,12H,11H2,1-2H3/b19-12+. The van der Waals surface area contributed by atoms with Gasteiger partial charge in [0.15, 0.2) is 0 Å². The Balaban J connectivity index is 1.64. The van der Waals surface area contributed by atoms with Crippen LogP contribution in [0.25, 0.3) is 0 Å². The minimum absolute atomic E-state index is 0.0802. The van der Waals surface area contributed by atoms with Crippen molar-refractivity contribution in [3.8, 4) is 0 Å². The molecule has 3 aromatic rings. The maximum absolute atomic E-state index is 10.7. The second kappa shape index (κ2) is 7.83. The summed E-state index contributed by atoms with van der Waals surface area (Å²) in [6.07, 6.45) is 2.33. The zero-order valence-corrected chi connectivity index (χ0v) is 15.2. The molecule has 0 bridgehead atoms. The lowest BCUT2D eigenvalue weighted by atomic mass is 10.1. The van der Waals surface area contributed by atoms with Crippen molar-refractivity contribution in [3.63, 3.8) is 0 Å². The molecule has 0 unspecified atom stereocenters. The largest absolute Gasteiger partial charge is 0.378 e. The van der Waals surface area contributed by atoms with E-state index < -0.39 is 4.92 Å². The van der Waals surface area contributed by atoms with Crippen molar-refractivity contribution in [2.75, 3.05) is 19.0 Å². The minimum atomic E-state index is -0.410. The van der Waals surface area contributed by atoms with Gasteiger partial charge in [-0.1, -0.05) is 35.6 Å². The molecule has 0 amide bonds. The van der Waals surface area contributed by atoms with Crippen LogP contribution in [0.15, 0.2) is 53.5 Å². The fourth-order valence-corrected chi connectivity index (χ4v) is 2.99. The Morgan fingerprint density at radius 1 is 1.12 bits per heavy atom. The molecule has 7 nitrogen and oxygen atoms in total. The molecular formula is C18H17N5O2S. The molecule has 0 aliphatic carbocycles. The number of rotatable bonds is 6. The third kappa shape index (κ3) is 4.48. The van der Waals surface area contributed by atoms with Crippen LogP contribution in [-0.4, -0.2) is 35.4 Å². The van der Waals surface area contributed by atoms with Crippen molar-refractivity contribution < 1.29 is 4.92 Å². The number of nitrogens with zero attached hydrogens (tertiary/aromatic N) is 5. The van der Waals surface area contributed by atoms with Gasteiger partial charge >= 0.3 is 0 Å². The van der Waals surface area contributed by atoms with Crippen molar-refractivity contribution in [1.29, 1.82) is 0 Å². The van der Waals surface area contributed by atoms with Gasteiger partial charge in [0.05, 0.1) is 4.92 Å². The van der Waals surface area contributed by atoms with Gasteiger partial charge in [-0.2, -0.15) is 0 Å². The quantitative estimate of drug-likeness (QED) is 0.375. The smallest absolute Gasteiger partial charge is 0.269 e. The summed E-state index contributed by atoms with van der Waals surface area (Å²) in [6.45, 7) is 0. The maximum Gasteiger partial charge on any atom is 0.269 e. The van der Waals surface area contributed by atoms with Gasteiger partial charge in [-0.15, -0.1) is 10.2 Å². The van der Waals surface area contributed by atoms with Gasteiger partial charge in [-0.25, -0.2) is 4.99 Å². The SMILES string of the molecule is CN(C)c1ccc(/C=N/c2nnc(Cc3ccc([N+](=O)[O-])cc3)s2)cc1. The van der Waals surface area contributed by atoms with Crippen molar-refractivity contribution in [1.82, 2.24) is 10.2 Å². The molecule has 8 heteroatoms. The van der Waals surface area contributed by atoms with E-state index in [1.54, 1.807) is 18.3 Å². The molecule has 26 heavy (non-hydrogen) atoms. The number of non-ortho nitro benzene ring substituents is 1. The Hall–Kier alpha value is -3.13. The van der Waals surface area contributed by atoms with E-state index in [0.29, 0.717) is 11.6 Å². The Morgan fingerprint density at radius 3 is 2.42 bits per heavy atom. The van der Waals surface area contributed by atoms with Crippen molar-refractivity contribution in [2.45, 2.75) is 6.42 Å². The first-order valence-electron chi connectivity index (χ1n) is 7.88. The van der Waals surface area contributed by atoms with Gasteiger partial charge in [-0.3, -0.25) is 10.1 Å². The molecule has 2 aromatic carbocycles. The molecule has 0 N–H and O–H groups in total. The Bertz CT molecular complexity index is 918. The molecule has 0 atom stereocenters. The van der Waals surface area contributed by atoms with Crippen molar-refractivity contribution in [3.05, 3.63) is 74.8 Å². The summed E-state index contributed by atoms with van der Waals surface area (Å²) in [5, 5.41) is 20.3. The number of anilines is 1. The van der Waals surface area contributed by atoms with E-state index in [9.17, 15) is 10.1 Å². The fraction of sp³-hybridized carbons (Fsp3) is 0.167. The van der Waals surface area contributed by atoms with E-state index in [4.69, 9.17) is 0 Å². The number of benzene rings is 2. The second-order valence-electron chi connectivity index (χ2n) is 5.82. The van der Waals surface area contributed by atoms with Crippen molar-refractivity contribution in [2.24, 2.45) is 4.99 Å². The zero-order valence-electron chi connectivity index (χ0n) is 14.4. The van der Waals surface area contributed by atoms with Gasteiger partial charge in [0.1, 0.15) is 5.01 Å². The van der Waals surface area contributed by atoms with Crippen LogP contribution in [0.3, 0.4) is 0 Å². The molecule has 0 saturated heterocycles. The Labute approximate surface area is 154 Å². The van der Waals surface area contributed by atoms with Gasteiger partial charge in [0.2, 0.25) is 5.13 Å². The molecule has 0 radical (unpaired) electrons. The van der Waals surface area contributed by atoms with Gasteiger partial charge in [0.25, 0.3) is 5.69 Å². The molecule has 0 fully saturated rings. The van der Waals surface area contributed by atoms with Gasteiger partial charge < -0.3 is 4.90 Å². The predicted octanol–water partition coefficient (Wildman–Crippen LogP) is 3.85. The Kier molecular flexibility index (Phi) is 5.33. The first-order valence-corrected chi connectivity index (χ1v) is 8.70. The van der Waals surface area contributed by atoms with Crippen LogP contribution in [0, 0.1) is 10.1 Å². The van der Waals surface area contributed by atoms with E-state index in [0.717, 1.165) is 21.8 Å². The minimum Gasteiger partial charge on any atom is -0.378 e. The zero-order chi connectivity index (χ0) is 18.5. The van der Waals surface area contributed by atoms with Crippen LogP contribution < -0.4 is 4.90 Å². The number of aromatic nitrogens is 2. The van der Waals surface area contributed by atoms with Crippen LogP contribution >= 0.6 is 11.3 Å². The normalized spacial score (nSPS) is 11.0. The average Bonchev–Trinajstić information content (AvgIpc) is 3.08. The first kappa shape index (κ1) is 17.7. The van der Waals surface area contributed by atoms with E-state index >= 15 is 0 Å². The monoisotopic (exact) mass is 367 g/mol. The molecular weight excluding hydrogens is 350 g/mol. The summed E-state index contributed by atoms with van der Waals surface area (Å²) in [6, 6.07) is 14.5. The summed E-state index contributed by atoms with van der Waals surface area (Å²) < 4.78 is 0. The third-order valence-corrected chi connectivity index (χ3v) is 4.52. The summed E-state index contributed by atoms with van der Waals surface area (Å²) >= 11 is 1.40. The Morgan fingerprint density at radius 2 is 1.81 bits per heavy atom. The van der Waals surface area contributed by atoms with Crippen LogP contribution in [0.2, 0.25) is 0 Å². The molecule has 0 spiro atoms. The summed E-state index contributed by atoms with van der Waals surface area (Å²) in [5.74, 6) is 0. The molecule has 0 aliphatic rings. The first-order chi connectivity index (χ1) is 12.5. The summed E-state index contributed by atoms with van der Waals surface area (Å²) in [5.41, 5.74) is 3.14. The highest BCUT2D eigenvalue weighted by Gasteiger charge is 2.07. The highest BCUT2D eigenvalue weighted by Crippen LogP contribution is 2.22. The lowest BCUT2D eigenvalue weighted by Gasteiger charge is -2.11. The van der Waals surface area contributed by atoms with E-state index in [2.05, 4.69) is 15.2 Å². The van der Waals surface area contributed by atoms with Gasteiger partial charge in [0, 0.05) is 44.6 Å². The molecule has 3 rings (SSSR count). The number of hydrogen-bond acceptors (Lipinski definition) is 7. The number of nitro groups is 1. The fourth-order valence-electron chi connectivity index (χ4n) is 2.27. The average molecular weight is 367 g/mol. The van der Waals surface area contributed by atoms with Crippen molar-refractivity contribution >= 4 is 34.1 Å². The van der Waals surface area contributed by atoms with Gasteiger partial charge in [-0.05, 0) is 23.3 Å². The highest BCUT2D eigenvalue weighted by molar-refractivity contribution is 7.15. The highest BCUT2D eigenvalue weighted by atomic mass is 32.1. The lowest BCUT2D eigenvalue weighted by molar-refractivity contribution is -0.384. The topological polar surface area (TPSA) is 84.5 Å². The van der Waals surface area contributed by atoms with Crippen LogP contribution in [0.5, 0.6) is 0 Å². The third-order valence-electron chi connectivity index (χ3n) is 3.69. The predicted molar refractivity (Wildman–Crippen MR) is 104 cm³/mol. The number of nitro benzene ring substituents is 1. The van der Waals surface area contributed by atoms with Crippen LogP contribution in [-0.2, 0) is 6.42 Å². The molecule has 1 aromatic heterocycles. The summed E-state index contributed by atoms with van der Waals surface area (Å²) in [7, 11) is 3.99. The molecule has 0 saturated carbocycles. The number of hydrogen-bond donors (Lipinski definition) is 0. The molecule has 1 heterocycles. The van der Waals surface area contributed by atoms with Crippen LogP contribution in [0.1, 0.15) is 16.1 Å². The molecule has 0 aliphatic heterocycles.